The Bertz CT molecular complexity index is 1250. The molecule has 11 heteroatoms. The molecule has 0 aromatic heterocycles. The number of nitro benzene ring substituents is 1. The van der Waals surface area contributed by atoms with Gasteiger partial charge in [-0.3, -0.25) is 15.0 Å². The summed E-state index contributed by atoms with van der Waals surface area (Å²) in [7, 11) is 2.16. The van der Waals surface area contributed by atoms with E-state index < -0.39 is 40.0 Å². The van der Waals surface area contributed by atoms with Gasteiger partial charge in [0.25, 0.3) is 0 Å². The van der Waals surface area contributed by atoms with Crippen molar-refractivity contribution in [1.29, 1.82) is 5.26 Å². The van der Waals surface area contributed by atoms with Crippen molar-refractivity contribution in [2.75, 3.05) is 19.1 Å². The lowest BCUT2D eigenvalue weighted by Crippen LogP contribution is -2.40. The number of hydrogen-bond acceptors (Lipinski definition) is 9. The van der Waals surface area contributed by atoms with Crippen LogP contribution in [0.15, 0.2) is 71.2 Å². The topological polar surface area (TPSA) is 149 Å². The van der Waals surface area contributed by atoms with E-state index in [4.69, 9.17) is 15.2 Å². The zero-order valence-electron chi connectivity index (χ0n) is 17.4. The Kier molecular flexibility index (Phi) is 6.39. The summed E-state index contributed by atoms with van der Waals surface area (Å²) in [5.74, 6) is -4.55. The average Bonchev–Trinajstić information content (AvgIpc) is 2.82. The molecule has 3 rings (SSSR count). The summed E-state index contributed by atoms with van der Waals surface area (Å²) in [5.41, 5.74) is 4.98. The van der Waals surface area contributed by atoms with Crippen LogP contribution < -0.4 is 10.6 Å². The first-order valence-electron chi connectivity index (χ1n) is 9.36. The van der Waals surface area contributed by atoms with Crippen LogP contribution >= 0.6 is 0 Å². The molecule has 1 atom stereocenters. The number of nitro groups is 1. The lowest BCUT2D eigenvalue weighted by Gasteiger charge is -2.35. The average molecular weight is 452 g/mol. The van der Waals surface area contributed by atoms with Crippen molar-refractivity contribution in [3.63, 3.8) is 0 Å². The number of allylic oxidation sites excluding steroid dienone is 1. The smallest absolute Gasteiger partial charge is 0.355 e. The number of nitrogens with zero attached hydrogens (tertiary/aromatic N) is 3. The maximum atomic E-state index is 14.4. The number of hydrogen-bond donors (Lipinski definition) is 1. The van der Waals surface area contributed by atoms with Crippen molar-refractivity contribution in [3.05, 3.63) is 92.7 Å². The highest BCUT2D eigenvalue weighted by molar-refractivity contribution is 6.06. The number of nitriles is 1. The third-order valence-electron chi connectivity index (χ3n) is 5.00. The van der Waals surface area contributed by atoms with Gasteiger partial charge in [0.05, 0.1) is 48.0 Å². The Hall–Kier alpha value is -4.72. The Balaban J connectivity index is 2.40. The molecule has 2 aromatic carbocycles. The highest BCUT2D eigenvalue weighted by atomic mass is 19.1. The van der Waals surface area contributed by atoms with Crippen LogP contribution in [-0.2, 0) is 19.1 Å². The molecule has 0 bridgehead atoms. The van der Waals surface area contributed by atoms with E-state index in [9.17, 15) is 29.4 Å². The molecule has 2 N–H and O–H groups in total. The second kappa shape index (κ2) is 9.19. The van der Waals surface area contributed by atoms with E-state index in [1.54, 1.807) is 30.3 Å². The number of carbonyl (C=O) groups excluding carboxylic acids is 2. The van der Waals surface area contributed by atoms with Crippen LogP contribution in [0, 0.1) is 27.3 Å². The van der Waals surface area contributed by atoms with Gasteiger partial charge in [-0.25, -0.2) is 9.59 Å². The van der Waals surface area contributed by atoms with E-state index in [1.807, 2.05) is 6.07 Å². The molecule has 0 saturated heterocycles. The minimum absolute atomic E-state index is 0.118. The van der Waals surface area contributed by atoms with Gasteiger partial charge in [-0.15, -0.1) is 0 Å². The molecule has 1 aliphatic heterocycles. The van der Waals surface area contributed by atoms with Gasteiger partial charge in [0.2, 0.25) is 5.82 Å². The molecule has 1 heterocycles. The lowest BCUT2D eigenvalue weighted by atomic mass is 9.81. The third-order valence-corrected chi connectivity index (χ3v) is 5.00. The highest BCUT2D eigenvalue weighted by Crippen LogP contribution is 2.43. The molecule has 0 radical (unpaired) electrons. The number of ether oxygens (including phenoxy) is 2. The first-order chi connectivity index (χ1) is 15.8. The number of benzene rings is 2. The summed E-state index contributed by atoms with van der Waals surface area (Å²) in [4.78, 5) is 36.8. The fraction of sp³-hybridized carbons (Fsp3) is 0.136. The maximum absolute atomic E-state index is 14.4. The number of esters is 2. The minimum atomic E-state index is -1.21. The largest absolute Gasteiger partial charge is 0.466 e. The van der Waals surface area contributed by atoms with Gasteiger partial charge < -0.3 is 15.2 Å². The normalized spacial score (nSPS) is 15.7. The van der Waals surface area contributed by atoms with E-state index >= 15 is 0 Å². The van der Waals surface area contributed by atoms with Crippen LogP contribution in [0.3, 0.4) is 0 Å². The fourth-order valence-electron chi connectivity index (χ4n) is 3.56. The predicted molar refractivity (Wildman–Crippen MR) is 113 cm³/mol. The number of nitrogens with two attached hydrogens (primary N) is 1. The SMILES string of the molecule is COC(=O)C1=C(C(=O)OC)N(c2ccc([N+](=O)[O-])c(F)c2)C(N)=C(C#N)C1c1ccccc1. The van der Waals surface area contributed by atoms with Crippen LogP contribution in [0.5, 0.6) is 0 Å². The van der Waals surface area contributed by atoms with Crippen molar-refractivity contribution in [1.82, 2.24) is 0 Å². The molecule has 0 saturated carbocycles. The number of methoxy groups -OCH3 is 2. The van der Waals surface area contributed by atoms with Crippen LogP contribution in [0.2, 0.25) is 0 Å². The van der Waals surface area contributed by atoms with Gasteiger partial charge in [0, 0.05) is 12.1 Å². The van der Waals surface area contributed by atoms with Gasteiger partial charge >= 0.3 is 17.6 Å². The molecule has 0 fully saturated rings. The summed E-state index contributed by atoms with van der Waals surface area (Å²) in [6.45, 7) is 0. The van der Waals surface area contributed by atoms with Crippen LogP contribution in [0.1, 0.15) is 11.5 Å². The standard InChI is InChI=1S/C22H17FN4O6/c1-32-21(28)18-17(12-6-4-3-5-7-12)14(11-24)20(25)26(19(18)22(29)33-2)13-8-9-16(27(30)31)15(23)10-13/h3-10,17H,25H2,1-2H3. The summed E-state index contributed by atoms with van der Waals surface area (Å²) in [5, 5.41) is 20.9. The van der Waals surface area contributed by atoms with Crippen molar-refractivity contribution >= 4 is 23.3 Å². The van der Waals surface area contributed by atoms with Crippen LogP contribution in [0.4, 0.5) is 15.8 Å². The third kappa shape index (κ3) is 3.97. The Morgan fingerprint density at radius 1 is 1.15 bits per heavy atom. The van der Waals surface area contributed by atoms with E-state index in [0.717, 1.165) is 37.3 Å². The monoisotopic (exact) mass is 452 g/mol. The van der Waals surface area contributed by atoms with E-state index in [2.05, 4.69) is 0 Å². The second-order valence-electron chi connectivity index (χ2n) is 6.73. The van der Waals surface area contributed by atoms with E-state index in [0.29, 0.717) is 5.56 Å². The van der Waals surface area contributed by atoms with Gasteiger partial charge in [-0.05, 0) is 11.6 Å². The molecule has 10 nitrogen and oxygen atoms in total. The van der Waals surface area contributed by atoms with Crippen molar-refractivity contribution < 1.29 is 28.4 Å². The Morgan fingerprint density at radius 2 is 1.79 bits per heavy atom. The molecule has 2 aromatic rings. The van der Waals surface area contributed by atoms with Gasteiger partial charge in [-0.1, -0.05) is 30.3 Å². The number of rotatable bonds is 5. The van der Waals surface area contributed by atoms with E-state index in [1.165, 1.54) is 0 Å². The highest BCUT2D eigenvalue weighted by Gasteiger charge is 2.43. The molecule has 33 heavy (non-hydrogen) atoms. The zero-order chi connectivity index (χ0) is 24.3. The van der Waals surface area contributed by atoms with Gasteiger partial charge in [0.15, 0.2) is 0 Å². The van der Waals surface area contributed by atoms with Crippen molar-refractivity contribution in [2.24, 2.45) is 5.73 Å². The Morgan fingerprint density at radius 3 is 2.30 bits per heavy atom. The molecular weight excluding hydrogens is 435 g/mol. The molecule has 0 aliphatic carbocycles. The van der Waals surface area contributed by atoms with Crippen LogP contribution in [-0.4, -0.2) is 31.1 Å². The van der Waals surface area contributed by atoms with Gasteiger partial charge in [-0.2, -0.15) is 9.65 Å². The van der Waals surface area contributed by atoms with Gasteiger partial charge in [0.1, 0.15) is 11.5 Å². The fourth-order valence-corrected chi connectivity index (χ4v) is 3.56. The molecular formula is C22H17FN4O6. The summed E-state index contributed by atoms with van der Waals surface area (Å²) < 4.78 is 24.2. The Labute approximate surface area is 187 Å². The zero-order valence-corrected chi connectivity index (χ0v) is 17.4. The second-order valence-corrected chi connectivity index (χ2v) is 6.73. The van der Waals surface area contributed by atoms with Crippen LogP contribution in [0.25, 0.3) is 0 Å². The predicted octanol–water partition coefficient (Wildman–Crippen LogP) is 2.63. The summed E-state index contributed by atoms with van der Waals surface area (Å²) >= 11 is 0. The molecule has 168 valence electrons. The minimum Gasteiger partial charge on any atom is -0.466 e. The summed E-state index contributed by atoms with van der Waals surface area (Å²) in [6, 6.07) is 13.1. The number of anilines is 1. The number of halogens is 1. The first-order valence-corrected chi connectivity index (χ1v) is 9.36. The quantitative estimate of drug-likeness (QED) is 0.410. The first kappa shape index (κ1) is 23.0. The summed E-state index contributed by atoms with van der Waals surface area (Å²) in [6.07, 6.45) is 0. The molecule has 0 spiro atoms. The number of carbonyl (C=O) groups is 2. The van der Waals surface area contributed by atoms with Crippen molar-refractivity contribution in [3.8, 4) is 6.07 Å². The molecule has 1 aliphatic rings. The van der Waals surface area contributed by atoms with E-state index in [-0.39, 0.29) is 22.7 Å². The molecule has 0 amide bonds. The maximum Gasteiger partial charge on any atom is 0.355 e. The lowest BCUT2D eigenvalue weighted by molar-refractivity contribution is -0.387. The molecule has 1 unspecified atom stereocenters. The van der Waals surface area contributed by atoms with Crippen molar-refractivity contribution in [2.45, 2.75) is 5.92 Å².